The summed E-state index contributed by atoms with van der Waals surface area (Å²) in [6.07, 6.45) is 6.84. The summed E-state index contributed by atoms with van der Waals surface area (Å²) < 4.78 is 5.79. The first-order valence-electron chi connectivity index (χ1n) is 5.89. The molecule has 0 saturated heterocycles. The zero-order valence-corrected chi connectivity index (χ0v) is 9.24. The van der Waals surface area contributed by atoms with Crippen molar-refractivity contribution in [3.05, 3.63) is 36.8 Å². The van der Waals surface area contributed by atoms with Crippen LogP contribution in [0.2, 0.25) is 0 Å². The van der Waals surface area contributed by atoms with E-state index in [-0.39, 0.29) is 0 Å². The molecule has 1 heteroatoms. The van der Waals surface area contributed by atoms with Crippen molar-refractivity contribution < 1.29 is 4.74 Å². The fourth-order valence-electron chi connectivity index (χ4n) is 2.20. The second kappa shape index (κ2) is 5.20. The minimum atomic E-state index is 0.771. The van der Waals surface area contributed by atoms with Crippen molar-refractivity contribution >= 4 is 0 Å². The Labute approximate surface area is 92.5 Å². The van der Waals surface area contributed by atoms with Gasteiger partial charge in [0.15, 0.2) is 0 Å². The molecule has 1 aromatic carbocycles. The molecule has 2 rings (SSSR count). The quantitative estimate of drug-likeness (QED) is 0.725. The summed E-state index contributed by atoms with van der Waals surface area (Å²) in [7, 11) is 0. The molecular weight excluding hydrogens is 184 g/mol. The number of hydrogen-bond acceptors (Lipinski definition) is 1. The highest BCUT2D eigenvalue weighted by molar-refractivity contribution is 5.29. The van der Waals surface area contributed by atoms with E-state index in [4.69, 9.17) is 4.74 Å². The first kappa shape index (κ1) is 10.5. The minimum absolute atomic E-state index is 0.771. The summed E-state index contributed by atoms with van der Waals surface area (Å²) in [6.45, 7) is 4.77. The molecule has 1 radical (unpaired) electrons. The standard InChI is InChI=1S/C14H19O/c1-12-6-5-9-14(10-12)15-11-13-7-3-2-4-8-13/h5-6,9-10,13H,1-4,7-8,11H2. The van der Waals surface area contributed by atoms with Crippen LogP contribution in [-0.4, -0.2) is 6.61 Å². The number of hydrogen-bond donors (Lipinski definition) is 0. The molecule has 0 aromatic heterocycles. The molecule has 0 spiro atoms. The van der Waals surface area contributed by atoms with E-state index in [1.54, 1.807) is 0 Å². The van der Waals surface area contributed by atoms with Gasteiger partial charge in [-0.05, 0) is 43.4 Å². The zero-order chi connectivity index (χ0) is 10.5. The number of ether oxygens (including phenoxy) is 1. The molecule has 15 heavy (non-hydrogen) atoms. The lowest BCUT2D eigenvalue weighted by Gasteiger charge is -2.21. The van der Waals surface area contributed by atoms with Gasteiger partial charge in [0.05, 0.1) is 6.61 Å². The SMILES string of the molecule is [CH2]c1cccc(OCC2CCCCC2)c1. The molecular formula is C14H19O. The van der Waals surface area contributed by atoms with Crippen LogP contribution in [0.3, 0.4) is 0 Å². The summed E-state index contributed by atoms with van der Waals surface area (Å²) >= 11 is 0. The fraction of sp³-hybridized carbons (Fsp3) is 0.500. The van der Waals surface area contributed by atoms with Crippen LogP contribution in [0.1, 0.15) is 37.7 Å². The predicted octanol–water partition coefficient (Wildman–Crippen LogP) is 3.83. The molecule has 0 heterocycles. The number of rotatable bonds is 3. The van der Waals surface area contributed by atoms with Gasteiger partial charge < -0.3 is 4.74 Å². The van der Waals surface area contributed by atoms with Gasteiger partial charge in [-0.15, -0.1) is 0 Å². The molecule has 1 aliphatic carbocycles. The second-order valence-electron chi connectivity index (χ2n) is 4.46. The van der Waals surface area contributed by atoms with E-state index in [0.29, 0.717) is 0 Å². The van der Waals surface area contributed by atoms with Crippen LogP contribution in [0.25, 0.3) is 0 Å². The van der Waals surface area contributed by atoms with Crippen LogP contribution in [0, 0.1) is 12.8 Å². The lowest BCUT2D eigenvalue weighted by Crippen LogP contribution is -2.15. The lowest BCUT2D eigenvalue weighted by atomic mass is 9.90. The van der Waals surface area contributed by atoms with Crippen LogP contribution in [0.4, 0.5) is 0 Å². The summed E-state index contributed by atoms with van der Waals surface area (Å²) in [6, 6.07) is 8.01. The van der Waals surface area contributed by atoms with Crippen molar-refractivity contribution in [3.8, 4) is 5.75 Å². The topological polar surface area (TPSA) is 9.23 Å². The van der Waals surface area contributed by atoms with Gasteiger partial charge in [0.1, 0.15) is 5.75 Å². The van der Waals surface area contributed by atoms with Crippen molar-refractivity contribution in [2.45, 2.75) is 32.1 Å². The predicted molar refractivity (Wildman–Crippen MR) is 63.0 cm³/mol. The molecule has 1 fully saturated rings. The average molecular weight is 203 g/mol. The molecule has 0 amide bonds. The summed E-state index contributed by atoms with van der Waals surface area (Å²) in [5, 5.41) is 0. The Morgan fingerprint density at radius 1 is 1.20 bits per heavy atom. The van der Waals surface area contributed by atoms with Gasteiger partial charge in [-0.25, -0.2) is 0 Å². The highest BCUT2D eigenvalue weighted by Gasteiger charge is 2.13. The molecule has 0 bridgehead atoms. The molecule has 1 saturated carbocycles. The maximum Gasteiger partial charge on any atom is 0.119 e. The fourth-order valence-corrected chi connectivity index (χ4v) is 2.20. The maximum atomic E-state index is 5.79. The van der Waals surface area contributed by atoms with E-state index in [9.17, 15) is 0 Å². The summed E-state index contributed by atoms with van der Waals surface area (Å²) in [5.41, 5.74) is 1.02. The summed E-state index contributed by atoms with van der Waals surface area (Å²) in [5.74, 6) is 1.74. The van der Waals surface area contributed by atoms with Gasteiger partial charge in [-0.1, -0.05) is 31.4 Å². The van der Waals surface area contributed by atoms with E-state index in [0.717, 1.165) is 23.8 Å². The zero-order valence-electron chi connectivity index (χ0n) is 9.24. The van der Waals surface area contributed by atoms with Crippen molar-refractivity contribution in [3.63, 3.8) is 0 Å². The van der Waals surface area contributed by atoms with Gasteiger partial charge in [0, 0.05) is 0 Å². The van der Waals surface area contributed by atoms with Crippen molar-refractivity contribution in [1.29, 1.82) is 0 Å². The first-order valence-corrected chi connectivity index (χ1v) is 5.89. The molecule has 1 aliphatic rings. The van der Waals surface area contributed by atoms with Crippen LogP contribution in [0.5, 0.6) is 5.75 Å². The molecule has 0 N–H and O–H groups in total. The van der Waals surface area contributed by atoms with Crippen molar-refractivity contribution in [2.24, 2.45) is 5.92 Å². The minimum Gasteiger partial charge on any atom is -0.493 e. The molecule has 1 aromatic rings. The molecule has 0 aliphatic heterocycles. The van der Waals surface area contributed by atoms with Gasteiger partial charge >= 0.3 is 0 Å². The van der Waals surface area contributed by atoms with Crippen LogP contribution >= 0.6 is 0 Å². The lowest BCUT2D eigenvalue weighted by molar-refractivity contribution is 0.209. The normalized spacial score (nSPS) is 17.7. The third-order valence-corrected chi connectivity index (χ3v) is 3.11. The maximum absolute atomic E-state index is 5.79. The van der Waals surface area contributed by atoms with Gasteiger partial charge in [0.2, 0.25) is 0 Å². The smallest absolute Gasteiger partial charge is 0.119 e. The monoisotopic (exact) mass is 203 g/mol. The third-order valence-electron chi connectivity index (χ3n) is 3.11. The molecule has 0 unspecified atom stereocenters. The second-order valence-corrected chi connectivity index (χ2v) is 4.46. The largest absolute Gasteiger partial charge is 0.493 e. The van der Waals surface area contributed by atoms with Gasteiger partial charge in [-0.3, -0.25) is 0 Å². The van der Waals surface area contributed by atoms with Crippen molar-refractivity contribution in [2.75, 3.05) is 6.61 Å². The Morgan fingerprint density at radius 2 is 2.00 bits per heavy atom. The van der Waals surface area contributed by atoms with Crippen LogP contribution in [0.15, 0.2) is 24.3 Å². The Hall–Kier alpha value is -0.980. The number of benzene rings is 1. The molecule has 1 nitrogen and oxygen atoms in total. The van der Waals surface area contributed by atoms with Crippen LogP contribution < -0.4 is 4.74 Å². The van der Waals surface area contributed by atoms with E-state index in [2.05, 4.69) is 6.92 Å². The Morgan fingerprint density at radius 3 is 2.73 bits per heavy atom. The average Bonchev–Trinajstić information content (AvgIpc) is 2.28. The molecule has 81 valence electrons. The van der Waals surface area contributed by atoms with E-state index >= 15 is 0 Å². The highest BCUT2D eigenvalue weighted by atomic mass is 16.5. The Bertz CT molecular complexity index is 300. The van der Waals surface area contributed by atoms with Gasteiger partial charge in [0.25, 0.3) is 0 Å². The first-order chi connectivity index (χ1) is 7.34. The highest BCUT2D eigenvalue weighted by Crippen LogP contribution is 2.24. The van der Waals surface area contributed by atoms with E-state index in [1.165, 1.54) is 32.1 Å². The Kier molecular flexibility index (Phi) is 3.65. The third kappa shape index (κ3) is 3.26. The molecule has 0 atom stereocenters. The van der Waals surface area contributed by atoms with E-state index < -0.39 is 0 Å². The Balaban J connectivity index is 1.81. The van der Waals surface area contributed by atoms with Crippen molar-refractivity contribution in [1.82, 2.24) is 0 Å². The van der Waals surface area contributed by atoms with E-state index in [1.807, 2.05) is 24.3 Å². The summed E-state index contributed by atoms with van der Waals surface area (Å²) in [4.78, 5) is 0. The van der Waals surface area contributed by atoms with Gasteiger partial charge in [-0.2, -0.15) is 0 Å². The van der Waals surface area contributed by atoms with Crippen LogP contribution in [-0.2, 0) is 0 Å².